The molecule has 0 aliphatic carbocycles. The van der Waals surface area contributed by atoms with E-state index in [0.717, 1.165) is 4.90 Å². The summed E-state index contributed by atoms with van der Waals surface area (Å²) in [6, 6.07) is 11.1. The minimum atomic E-state index is -2.97. The largest absolute Gasteiger partial charge is 0.434 e. The zero-order valence-electron chi connectivity index (χ0n) is 15.2. The van der Waals surface area contributed by atoms with Crippen molar-refractivity contribution in [1.82, 2.24) is 10.2 Å². The monoisotopic (exact) mass is 466 g/mol. The van der Waals surface area contributed by atoms with Crippen molar-refractivity contribution >= 4 is 33.7 Å². The third kappa shape index (κ3) is 4.97. The molecule has 0 saturated heterocycles. The van der Waals surface area contributed by atoms with Gasteiger partial charge in [0.1, 0.15) is 5.75 Å². The molecule has 0 bridgehead atoms. The maximum absolute atomic E-state index is 12.5. The van der Waals surface area contributed by atoms with Gasteiger partial charge in [0.25, 0.3) is 11.8 Å². The first-order valence-electron chi connectivity index (χ1n) is 8.82. The fraction of sp³-hybridized carbons (Fsp3) is 0.250. The first-order chi connectivity index (χ1) is 13.9. The Labute approximate surface area is 174 Å². The van der Waals surface area contributed by atoms with E-state index in [-0.39, 0.29) is 49.4 Å². The minimum Gasteiger partial charge on any atom is -0.434 e. The lowest BCUT2D eigenvalue weighted by molar-refractivity contribution is -0.121. The molecule has 2 aromatic carbocycles. The molecule has 6 nitrogen and oxygen atoms in total. The van der Waals surface area contributed by atoms with Crippen LogP contribution in [0.5, 0.6) is 5.75 Å². The van der Waals surface area contributed by atoms with Gasteiger partial charge in [0.05, 0.1) is 11.1 Å². The average molecular weight is 467 g/mol. The van der Waals surface area contributed by atoms with E-state index in [9.17, 15) is 23.2 Å². The summed E-state index contributed by atoms with van der Waals surface area (Å²) in [4.78, 5) is 37.8. The van der Waals surface area contributed by atoms with Gasteiger partial charge in [-0.15, -0.1) is 0 Å². The molecular formula is C20H17BrF2N2O4. The van der Waals surface area contributed by atoms with Gasteiger partial charge in [-0.1, -0.05) is 28.1 Å². The number of hydrogen-bond acceptors (Lipinski definition) is 4. The standard InChI is InChI=1S/C20H17BrF2N2O4/c21-13-7-8-16(29-20(22)23)12(10-13)11-24-17(26)6-3-9-25-18(27)14-4-1-2-5-15(14)19(25)28/h1-2,4-5,7-8,10,20H,3,6,9,11H2,(H,24,26). The fourth-order valence-corrected chi connectivity index (χ4v) is 3.43. The van der Waals surface area contributed by atoms with E-state index >= 15 is 0 Å². The lowest BCUT2D eigenvalue weighted by Gasteiger charge is -2.14. The number of halogens is 3. The average Bonchev–Trinajstić information content (AvgIpc) is 2.93. The van der Waals surface area contributed by atoms with Crippen LogP contribution in [0.15, 0.2) is 46.9 Å². The van der Waals surface area contributed by atoms with Crippen molar-refractivity contribution in [2.24, 2.45) is 0 Å². The number of carbonyl (C=O) groups is 3. The second-order valence-corrected chi connectivity index (χ2v) is 7.23. The first-order valence-corrected chi connectivity index (χ1v) is 9.61. The minimum absolute atomic E-state index is 0.00729. The number of carbonyl (C=O) groups excluding carboxylic acids is 3. The number of hydrogen-bond donors (Lipinski definition) is 1. The summed E-state index contributed by atoms with van der Waals surface area (Å²) in [6.45, 7) is -2.84. The molecule has 1 aliphatic heterocycles. The van der Waals surface area contributed by atoms with Gasteiger partial charge in [-0.2, -0.15) is 8.78 Å². The number of alkyl halides is 2. The summed E-state index contributed by atoms with van der Waals surface area (Å²) in [5, 5.41) is 2.63. The molecular weight excluding hydrogens is 450 g/mol. The number of nitrogens with one attached hydrogen (secondary N) is 1. The predicted molar refractivity (Wildman–Crippen MR) is 104 cm³/mol. The van der Waals surface area contributed by atoms with E-state index in [0.29, 0.717) is 21.2 Å². The predicted octanol–water partition coefficient (Wildman–Crippen LogP) is 3.74. The quantitative estimate of drug-likeness (QED) is 0.601. The number of benzene rings is 2. The Morgan fingerprint density at radius 2 is 1.76 bits per heavy atom. The first kappa shape index (κ1) is 20.9. The van der Waals surface area contributed by atoms with Gasteiger partial charge in [0.2, 0.25) is 5.91 Å². The summed E-state index contributed by atoms with van der Waals surface area (Å²) in [5.41, 5.74) is 1.12. The van der Waals surface area contributed by atoms with Crippen molar-refractivity contribution < 1.29 is 27.9 Å². The second kappa shape index (κ2) is 9.13. The smallest absolute Gasteiger partial charge is 0.387 e. The molecule has 0 atom stereocenters. The maximum Gasteiger partial charge on any atom is 0.387 e. The Bertz CT molecular complexity index is 917. The molecule has 1 N–H and O–H groups in total. The number of fused-ring (bicyclic) bond motifs is 1. The summed E-state index contributed by atoms with van der Waals surface area (Å²) in [7, 11) is 0. The molecule has 0 unspecified atom stereocenters. The third-order valence-electron chi connectivity index (χ3n) is 4.38. The number of rotatable bonds is 8. The highest BCUT2D eigenvalue weighted by Crippen LogP contribution is 2.25. The Morgan fingerprint density at radius 3 is 2.38 bits per heavy atom. The molecule has 29 heavy (non-hydrogen) atoms. The summed E-state index contributed by atoms with van der Waals surface area (Å²) in [6.07, 6.45) is 0.364. The zero-order valence-corrected chi connectivity index (χ0v) is 16.7. The van der Waals surface area contributed by atoms with Gasteiger partial charge in [-0.25, -0.2) is 0 Å². The lowest BCUT2D eigenvalue weighted by Crippen LogP contribution is -2.32. The van der Waals surface area contributed by atoms with Crippen molar-refractivity contribution in [1.29, 1.82) is 0 Å². The Kier molecular flexibility index (Phi) is 6.58. The summed E-state index contributed by atoms with van der Waals surface area (Å²) >= 11 is 3.25. The molecule has 0 aromatic heterocycles. The SMILES string of the molecule is O=C(CCCN1C(=O)c2ccccc2C1=O)NCc1cc(Br)ccc1OC(F)F. The Hall–Kier alpha value is -2.81. The third-order valence-corrected chi connectivity index (χ3v) is 4.87. The van der Waals surface area contributed by atoms with Crippen molar-refractivity contribution in [3.63, 3.8) is 0 Å². The highest BCUT2D eigenvalue weighted by molar-refractivity contribution is 9.10. The Balaban J connectivity index is 1.50. The highest BCUT2D eigenvalue weighted by Gasteiger charge is 2.34. The molecule has 9 heteroatoms. The summed E-state index contributed by atoms with van der Waals surface area (Å²) in [5.74, 6) is -1.08. The van der Waals surface area contributed by atoms with Crippen molar-refractivity contribution in [3.8, 4) is 5.75 Å². The summed E-state index contributed by atoms with van der Waals surface area (Å²) < 4.78 is 30.1. The van der Waals surface area contributed by atoms with E-state index in [4.69, 9.17) is 0 Å². The van der Waals surface area contributed by atoms with Gasteiger partial charge < -0.3 is 10.1 Å². The van der Waals surface area contributed by atoms with E-state index in [1.165, 1.54) is 6.07 Å². The molecule has 1 heterocycles. The van der Waals surface area contributed by atoms with Gasteiger partial charge >= 0.3 is 6.61 Å². The number of ether oxygens (including phenoxy) is 1. The van der Waals surface area contributed by atoms with Crippen LogP contribution in [0.4, 0.5) is 8.78 Å². The van der Waals surface area contributed by atoms with E-state index < -0.39 is 6.61 Å². The van der Waals surface area contributed by atoms with Crippen LogP contribution in [0.3, 0.4) is 0 Å². The van der Waals surface area contributed by atoms with Crippen LogP contribution in [0, 0.1) is 0 Å². The van der Waals surface area contributed by atoms with Crippen LogP contribution in [0.1, 0.15) is 39.1 Å². The molecule has 152 valence electrons. The van der Waals surface area contributed by atoms with Crippen LogP contribution < -0.4 is 10.1 Å². The molecule has 2 aromatic rings. The normalized spacial score (nSPS) is 13.0. The van der Waals surface area contributed by atoms with E-state index in [1.807, 2.05) is 0 Å². The van der Waals surface area contributed by atoms with Crippen LogP contribution in [-0.4, -0.2) is 35.8 Å². The van der Waals surface area contributed by atoms with Crippen molar-refractivity contribution in [2.75, 3.05) is 6.54 Å². The highest BCUT2D eigenvalue weighted by atomic mass is 79.9. The van der Waals surface area contributed by atoms with Crippen LogP contribution >= 0.6 is 15.9 Å². The zero-order chi connectivity index (χ0) is 21.0. The molecule has 0 radical (unpaired) electrons. The van der Waals surface area contributed by atoms with Gasteiger partial charge in [-0.3, -0.25) is 19.3 Å². The molecule has 0 saturated carbocycles. The fourth-order valence-electron chi connectivity index (χ4n) is 3.02. The number of nitrogens with zero attached hydrogens (tertiary/aromatic N) is 1. The molecule has 0 fully saturated rings. The molecule has 1 aliphatic rings. The van der Waals surface area contributed by atoms with Crippen molar-refractivity contribution in [3.05, 3.63) is 63.6 Å². The lowest BCUT2D eigenvalue weighted by atomic mass is 10.1. The van der Waals surface area contributed by atoms with Gasteiger partial charge in [0, 0.05) is 29.5 Å². The van der Waals surface area contributed by atoms with E-state index in [1.54, 1.807) is 36.4 Å². The van der Waals surface area contributed by atoms with Crippen LogP contribution in [0.2, 0.25) is 0 Å². The van der Waals surface area contributed by atoms with Crippen molar-refractivity contribution in [2.45, 2.75) is 26.0 Å². The van der Waals surface area contributed by atoms with Gasteiger partial charge in [-0.05, 0) is 36.8 Å². The molecule has 0 spiro atoms. The number of imide groups is 1. The molecule has 3 amide bonds. The van der Waals surface area contributed by atoms with Crippen LogP contribution in [0.25, 0.3) is 0 Å². The van der Waals surface area contributed by atoms with Gasteiger partial charge in [0.15, 0.2) is 0 Å². The second-order valence-electron chi connectivity index (χ2n) is 6.32. The molecule has 3 rings (SSSR count). The Morgan fingerprint density at radius 1 is 1.10 bits per heavy atom. The maximum atomic E-state index is 12.5. The van der Waals surface area contributed by atoms with Crippen LogP contribution in [-0.2, 0) is 11.3 Å². The number of amides is 3. The topological polar surface area (TPSA) is 75.7 Å². The van der Waals surface area contributed by atoms with E-state index in [2.05, 4.69) is 26.0 Å².